The number of benzene rings is 1. The van der Waals surface area contributed by atoms with Gasteiger partial charge in [-0.2, -0.15) is 0 Å². The predicted octanol–water partition coefficient (Wildman–Crippen LogP) is 3.27. The number of anilines is 2. The lowest BCUT2D eigenvalue weighted by Crippen LogP contribution is -2.13. The first kappa shape index (κ1) is 16.2. The molecule has 0 bridgehead atoms. The maximum atomic E-state index is 11.9. The second-order valence-corrected chi connectivity index (χ2v) is 7.62. The molecule has 0 unspecified atom stereocenters. The molecule has 23 heavy (non-hydrogen) atoms. The largest absolute Gasteiger partial charge is 0.325 e. The molecule has 3 rings (SSSR count). The van der Waals surface area contributed by atoms with Crippen LogP contribution in [0.25, 0.3) is 0 Å². The van der Waals surface area contributed by atoms with E-state index < -0.39 is 0 Å². The molecule has 1 saturated carbocycles. The minimum atomic E-state index is -0.156. The van der Waals surface area contributed by atoms with Gasteiger partial charge in [0.1, 0.15) is 0 Å². The van der Waals surface area contributed by atoms with Gasteiger partial charge >= 0.3 is 0 Å². The van der Waals surface area contributed by atoms with Crippen LogP contribution in [0.15, 0.2) is 28.6 Å². The second-order valence-electron chi connectivity index (χ2n) is 4.98. The number of nitrogens with one attached hydrogen (secondary N) is 2. The van der Waals surface area contributed by atoms with Gasteiger partial charge in [0.05, 0.1) is 5.75 Å². The summed E-state index contributed by atoms with van der Waals surface area (Å²) in [6, 6.07) is 6.96. The number of nitrogens with zero attached hydrogens (tertiary/aromatic N) is 2. The summed E-state index contributed by atoms with van der Waals surface area (Å²) in [6.45, 7) is 0. The maximum Gasteiger partial charge on any atom is 0.234 e. The van der Waals surface area contributed by atoms with E-state index in [1.807, 2.05) is 0 Å². The molecule has 6 nitrogen and oxygen atoms in total. The molecule has 1 aliphatic rings. The Morgan fingerprint density at radius 2 is 2.13 bits per heavy atom. The van der Waals surface area contributed by atoms with Gasteiger partial charge in [0, 0.05) is 16.6 Å². The van der Waals surface area contributed by atoms with Crippen molar-refractivity contribution in [3.05, 3.63) is 29.3 Å². The monoisotopic (exact) mass is 368 g/mol. The van der Waals surface area contributed by atoms with Gasteiger partial charge in [-0.15, -0.1) is 10.2 Å². The van der Waals surface area contributed by atoms with E-state index in [9.17, 15) is 9.59 Å². The molecule has 2 N–H and O–H groups in total. The van der Waals surface area contributed by atoms with Crippen molar-refractivity contribution < 1.29 is 9.59 Å². The van der Waals surface area contributed by atoms with Crippen LogP contribution in [0.5, 0.6) is 0 Å². The van der Waals surface area contributed by atoms with Gasteiger partial charge in [0.25, 0.3) is 0 Å². The predicted molar refractivity (Wildman–Crippen MR) is 92.1 cm³/mol. The van der Waals surface area contributed by atoms with Crippen LogP contribution in [0.1, 0.15) is 12.8 Å². The molecular weight excluding hydrogens is 356 g/mol. The van der Waals surface area contributed by atoms with E-state index in [1.54, 1.807) is 24.3 Å². The van der Waals surface area contributed by atoms with Crippen LogP contribution in [0.2, 0.25) is 5.02 Å². The van der Waals surface area contributed by atoms with Crippen molar-refractivity contribution in [3.63, 3.8) is 0 Å². The Morgan fingerprint density at radius 1 is 1.30 bits per heavy atom. The molecule has 1 fully saturated rings. The molecule has 9 heteroatoms. The Kier molecular flexibility index (Phi) is 5.14. The zero-order chi connectivity index (χ0) is 16.2. The minimum absolute atomic E-state index is 0.00333. The number of amides is 2. The van der Waals surface area contributed by atoms with Crippen LogP contribution >= 0.6 is 34.7 Å². The molecule has 1 aromatic heterocycles. The fraction of sp³-hybridized carbons (Fsp3) is 0.286. The molecular formula is C14H13ClN4O2S2. The summed E-state index contributed by atoms with van der Waals surface area (Å²) in [5.41, 5.74) is 0.651. The molecule has 1 aromatic carbocycles. The summed E-state index contributed by atoms with van der Waals surface area (Å²) < 4.78 is 0.636. The summed E-state index contributed by atoms with van der Waals surface area (Å²) in [5, 5.41) is 14.4. The topological polar surface area (TPSA) is 84.0 Å². The summed E-state index contributed by atoms with van der Waals surface area (Å²) in [6.07, 6.45) is 1.88. The number of hydrogen-bond acceptors (Lipinski definition) is 6. The number of carbonyl (C=O) groups excluding carboxylic acids is 2. The van der Waals surface area contributed by atoms with Crippen LogP contribution in [-0.4, -0.2) is 27.8 Å². The highest BCUT2D eigenvalue weighted by Crippen LogP contribution is 2.31. The molecule has 2 aromatic rings. The molecule has 0 aliphatic heterocycles. The standard InChI is InChI=1S/C14H13ClN4O2S2/c15-9-2-1-3-10(6-9)16-11(20)7-22-14-19-18-13(23-14)17-12(21)8-4-5-8/h1-3,6,8H,4-5,7H2,(H,16,20)(H,17,18,21). The van der Waals surface area contributed by atoms with Gasteiger partial charge in [0.15, 0.2) is 4.34 Å². The van der Waals surface area contributed by atoms with Gasteiger partial charge in [-0.05, 0) is 31.0 Å². The molecule has 2 amide bonds. The van der Waals surface area contributed by atoms with Crippen molar-refractivity contribution in [2.75, 3.05) is 16.4 Å². The average Bonchev–Trinajstić information content (AvgIpc) is 3.27. The van der Waals surface area contributed by atoms with E-state index >= 15 is 0 Å². The van der Waals surface area contributed by atoms with Crippen molar-refractivity contribution in [3.8, 4) is 0 Å². The molecule has 0 saturated heterocycles. The molecule has 0 spiro atoms. The Balaban J connectivity index is 1.47. The third-order valence-corrected chi connectivity index (χ3v) is 5.23. The van der Waals surface area contributed by atoms with Crippen LogP contribution in [0.3, 0.4) is 0 Å². The molecule has 1 heterocycles. The van der Waals surface area contributed by atoms with Crippen LogP contribution < -0.4 is 10.6 Å². The summed E-state index contributed by atoms with van der Waals surface area (Å²) in [7, 11) is 0. The molecule has 0 atom stereocenters. The van der Waals surface area contributed by atoms with E-state index in [0.29, 0.717) is 20.2 Å². The maximum absolute atomic E-state index is 11.9. The van der Waals surface area contributed by atoms with E-state index in [2.05, 4.69) is 20.8 Å². The van der Waals surface area contributed by atoms with Crippen molar-refractivity contribution >= 4 is 57.3 Å². The van der Waals surface area contributed by atoms with E-state index in [1.165, 1.54) is 23.1 Å². The first-order valence-electron chi connectivity index (χ1n) is 6.93. The lowest BCUT2D eigenvalue weighted by Gasteiger charge is -2.04. The summed E-state index contributed by atoms with van der Waals surface area (Å²) in [5.74, 6) is 0.170. The number of aromatic nitrogens is 2. The van der Waals surface area contributed by atoms with Crippen molar-refractivity contribution in [1.29, 1.82) is 0 Å². The quantitative estimate of drug-likeness (QED) is 0.603. The zero-order valence-electron chi connectivity index (χ0n) is 11.9. The Labute approximate surface area is 146 Å². The number of thioether (sulfide) groups is 1. The highest BCUT2D eigenvalue weighted by molar-refractivity contribution is 8.01. The number of halogens is 1. The van der Waals surface area contributed by atoms with Gasteiger partial charge in [-0.25, -0.2) is 0 Å². The van der Waals surface area contributed by atoms with Crippen LogP contribution in [0, 0.1) is 5.92 Å². The summed E-state index contributed by atoms with van der Waals surface area (Å²) >= 11 is 8.40. The Bertz CT molecular complexity index is 733. The van der Waals surface area contributed by atoms with Gasteiger partial charge in [-0.1, -0.05) is 40.8 Å². The second kappa shape index (κ2) is 7.29. The first-order chi connectivity index (χ1) is 11.1. The Hall–Kier alpha value is -1.64. The number of rotatable bonds is 6. The van der Waals surface area contributed by atoms with E-state index in [-0.39, 0.29) is 23.5 Å². The molecule has 120 valence electrons. The third kappa shape index (κ3) is 4.92. The van der Waals surface area contributed by atoms with E-state index in [0.717, 1.165) is 12.8 Å². The molecule has 0 radical (unpaired) electrons. The van der Waals surface area contributed by atoms with Crippen molar-refractivity contribution in [2.24, 2.45) is 5.92 Å². The van der Waals surface area contributed by atoms with Gasteiger partial charge in [0.2, 0.25) is 16.9 Å². The highest BCUT2D eigenvalue weighted by atomic mass is 35.5. The fourth-order valence-corrected chi connectivity index (χ4v) is 3.51. The normalized spacial score (nSPS) is 13.6. The van der Waals surface area contributed by atoms with Gasteiger partial charge in [-0.3, -0.25) is 9.59 Å². The lowest BCUT2D eigenvalue weighted by molar-refractivity contribution is -0.117. The average molecular weight is 369 g/mol. The van der Waals surface area contributed by atoms with Crippen LogP contribution in [0.4, 0.5) is 10.8 Å². The summed E-state index contributed by atoms with van der Waals surface area (Å²) in [4.78, 5) is 23.5. The van der Waals surface area contributed by atoms with Crippen molar-refractivity contribution in [1.82, 2.24) is 10.2 Å². The Morgan fingerprint density at radius 3 is 2.87 bits per heavy atom. The highest BCUT2D eigenvalue weighted by Gasteiger charge is 2.30. The number of hydrogen-bond donors (Lipinski definition) is 2. The van der Waals surface area contributed by atoms with E-state index in [4.69, 9.17) is 11.6 Å². The smallest absolute Gasteiger partial charge is 0.234 e. The number of carbonyl (C=O) groups is 2. The fourth-order valence-electron chi connectivity index (χ4n) is 1.76. The zero-order valence-corrected chi connectivity index (χ0v) is 14.3. The van der Waals surface area contributed by atoms with Crippen LogP contribution in [-0.2, 0) is 9.59 Å². The van der Waals surface area contributed by atoms with Crippen molar-refractivity contribution in [2.45, 2.75) is 17.2 Å². The van der Waals surface area contributed by atoms with Gasteiger partial charge < -0.3 is 10.6 Å². The SMILES string of the molecule is O=C(CSc1nnc(NC(=O)C2CC2)s1)Nc1cccc(Cl)c1. The minimum Gasteiger partial charge on any atom is -0.325 e. The lowest BCUT2D eigenvalue weighted by atomic mass is 10.3. The first-order valence-corrected chi connectivity index (χ1v) is 9.11. The third-order valence-electron chi connectivity index (χ3n) is 3.02. The molecule has 1 aliphatic carbocycles.